The van der Waals surface area contributed by atoms with Crippen molar-refractivity contribution in [3.63, 3.8) is 0 Å². The zero-order valence-corrected chi connectivity index (χ0v) is 16.2. The van der Waals surface area contributed by atoms with Crippen LogP contribution in [0.1, 0.15) is 34.2 Å². The maximum absolute atomic E-state index is 12.9. The summed E-state index contributed by atoms with van der Waals surface area (Å²) in [6.45, 7) is 4.16. The Labute approximate surface area is 166 Å². The number of benzene rings is 3. The minimum Gasteiger partial charge on any atom is -0.273 e. The summed E-state index contributed by atoms with van der Waals surface area (Å²) in [5.74, 6) is -0.154. The monoisotopic (exact) mass is 368 g/mol. The number of hydrogen-bond donors (Lipinski definition) is 1. The summed E-state index contributed by atoms with van der Waals surface area (Å²) in [6.07, 6.45) is 2.48. The number of rotatable bonds is 5. The fraction of sp³-hybridized carbons (Fsp3) is 0.200. The van der Waals surface area contributed by atoms with Crippen molar-refractivity contribution in [3.8, 4) is 0 Å². The van der Waals surface area contributed by atoms with E-state index in [2.05, 4.69) is 72.9 Å². The van der Waals surface area contributed by atoms with Crippen LogP contribution in [0.15, 0.2) is 84.0 Å². The van der Waals surface area contributed by atoms with Gasteiger partial charge in [-0.3, -0.25) is 4.79 Å². The highest BCUT2D eigenvalue weighted by molar-refractivity contribution is 5.87. The molecule has 3 aromatic rings. The third-order valence-corrected chi connectivity index (χ3v) is 5.60. The summed E-state index contributed by atoms with van der Waals surface area (Å²) in [6, 6.07) is 26.8. The fourth-order valence-electron chi connectivity index (χ4n) is 3.87. The summed E-state index contributed by atoms with van der Waals surface area (Å²) in [7, 11) is 0. The summed E-state index contributed by atoms with van der Waals surface area (Å²) < 4.78 is 0. The summed E-state index contributed by atoms with van der Waals surface area (Å²) in [4.78, 5) is 12.9. The summed E-state index contributed by atoms with van der Waals surface area (Å²) >= 11 is 0. The number of hydrazone groups is 1. The van der Waals surface area contributed by atoms with Gasteiger partial charge in [-0.25, -0.2) is 5.43 Å². The Morgan fingerprint density at radius 1 is 0.893 bits per heavy atom. The standard InChI is InChI=1S/C25H24N2O/c1-18-8-12-21(13-9-18)25(22-14-10-19(2)11-15-22)16-23(25)24(28)27-26-17-20-6-4-3-5-7-20/h3-15,17,23H,16H2,1-2H3,(H,27,28). The van der Waals surface area contributed by atoms with E-state index in [-0.39, 0.29) is 17.2 Å². The number of carbonyl (C=O) groups is 1. The van der Waals surface area contributed by atoms with E-state index in [0.29, 0.717) is 0 Å². The van der Waals surface area contributed by atoms with E-state index in [1.807, 2.05) is 30.3 Å². The Hall–Kier alpha value is -3.20. The quantitative estimate of drug-likeness (QED) is 0.512. The van der Waals surface area contributed by atoms with Crippen molar-refractivity contribution in [2.45, 2.75) is 25.7 Å². The van der Waals surface area contributed by atoms with Crippen molar-refractivity contribution in [1.82, 2.24) is 5.43 Å². The van der Waals surface area contributed by atoms with E-state index >= 15 is 0 Å². The number of carbonyl (C=O) groups excluding carboxylic acids is 1. The molecule has 1 amide bonds. The molecule has 0 aromatic heterocycles. The van der Waals surface area contributed by atoms with E-state index in [1.54, 1.807) is 6.21 Å². The van der Waals surface area contributed by atoms with E-state index in [4.69, 9.17) is 0 Å². The first kappa shape index (κ1) is 18.2. The molecule has 1 aliphatic carbocycles. The zero-order valence-electron chi connectivity index (χ0n) is 16.2. The van der Waals surface area contributed by atoms with Crippen LogP contribution in [-0.2, 0) is 10.2 Å². The van der Waals surface area contributed by atoms with E-state index in [1.165, 1.54) is 22.3 Å². The van der Waals surface area contributed by atoms with Gasteiger partial charge in [-0.2, -0.15) is 5.10 Å². The Bertz CT molecular complexity index is 943. The molecule has 140 valence electrons. The highest BCUT2D eigenvalue weighted by Gasteiger charge is 2.60. The molecule has 1 fully saturated rings. The van der Waals surface area contributed by atoms with Crippen LogP contribution in [0, 0.1) is 19.8 Å². The van der Waals surface area contributed by atoms with Crippen LogP contribution in [0.2, 0.25) is 0 Å². The molecule has 28 heavy (non-hydrogen) atoms. The molecule has 0 saturated heterocycles. The van der Waals surface area contributed by atoms with Crippen molar-refractivity contribution < 1.29 is 4.79 Å². The molecule has 1 N–H and O–H groups in total. The van der Waals surface area contributed by atoms with Gasteiger partial charge in [-0.15, -0.1) is 0 Å². The van der Waals surface area contributed by atoms with Crippen LogP contribution in [0.25, 0.3) is 0 Å². The Balaban J connectivity index is 1.58. The maximum Gasteiger partial charge on any atom is 0.244 e. The lowest BCUT2D eigenvalue weighted by atomic mass is 9.85. The molecular weight excluding hydrogens is 344 g/mol. The molecule has 0 aliphatic heterocycles. The van der Waals surface area contributed by atoms with Crippen LogP contribution in [-0.4, -0.2) is 12.1 Å². The minimum atomic E-state index is -0.270. The SMILES string of the molecule is Cc1ccc(C2(c3ccc(C)cc3)CC2C(=O)NN=Cc2ccccc2)cc1. The average Bonchev–Trinajstić information content (AvgIpc) is 3.47. The maximum atomic E-state index is 12.9. The fourth-order valence-corrected chi connectivity index (χ4v) is 3.87. The molecule has 0 heterocycles. The second kappa shape index (κ2) is 7.43. The lowest BCUT2D eigenvalue weighted by Crippen LogP contribution is -2.25. The van der Waals surface area contributed by atoms with Gasteiger partial charge in [0.25, 0.3) is 0 Å². The smallest absolute Gasteiger partial charge is 0.244 e. The molecule has 0 radical (unpaired) electrons. The van der Waals surface area contributed by atoms with Crippen molar-refractivity contribution >= 4 is 12.1 Å². The molecule has 3 aromatic carbocycles. The van der Waals surface area contributed by atoms with Gasteiger partial charge >= 0.3 is 0 Å². The second-order valence-electron chi connectivity index (χ2n) is 7.61. The predicted octanol–water partition coefficient (Wildman–Crippen LogP) is 4.76. The van der Waals surface area contributed by atoms with Crippen LogP contribution >= 0.6 is 0 Å². The molecule has 0 bridgehead atoms. The molecule has 3 nitrogen and oxygen atoms in total. The van der Waals surface area contributed by atoms with Crippen molar-refractivity contribution in [3.05, 3.63) is 107 Å². The minimum absolute atomic E-state index is 0.0340. The molecule has 1 aliphatic rings. The average molecular weight is 368 g/mol. The first-order valence-corrected chi connectivity index (χ1v) is 9.62. The lowest BCUT2D eigenvalue weighted by Gasteiger charge is -2.19. The zero-order chi connectivity index (χ0) is 19.6. The first-order valence-electron chi connectivity index (χ1n) is 9.62. The number of hydrogen-bond acceptors (Lipinski definition) is 2. The molecule has 3 heteroatoms. The largest absolute Gasteiger partial charge is 0.273 e. The summed E-state index contributed by atoms with van der Waals surface area (Å²) in [5.41, 5.74) is 8.25. The Morgan fingerprint density at radius 3 is 1.96 bits per heavy atom. The van der Waals surface area contributed by atoms with E-state index in [0.717, 1.165) is 12.0 Å². The van der Waals surface area contributed by atoms with Gasteiger partial charge in [-0.05, 0) is 37.0 Å². The van der Waals surface area contributed by atoms with Gasteiger partial charge in [0.15, 0.2) is 0 Å². The number of nitrogens with zero attached hydrogens (tertiary/aromatic N) is 1. The molecule has 1 unspecified atom stereocenters. The van der Waals surface area contributed by atoms with E-state index < -0.39 is 0 Å². The van der Waals surface area contributed by atoms with Crippen molar-refractivity contribution in [2.75, 3.05) is 0 Å². The number of aryl methyl sites for hydroxylation is 2. The van der Waals surface area contributed by atoms with Gasteiger partial charge in [0.2, 0.25) is 5.91 Å². The molecular formula is C25H24N2O. The highest BCUT2D eigenvalue weighted by atomic mass is 16.2. The molecule has 1 atom stereocenters. The summed E-state index contributed by atoms with van der Waals surface area (Å²) in [5, 5.41) is 4.16. The first-order chi connectivity index (χ1) is 13.6. The third-order valence-electron chi connectivity index (χ3n) is 5.60. The second-order valence-corrected chi connectivity index (χ2v) is 7.61. The van der Waals surface area contributed by atoms with Gasteiger partial charge in [0, 0.05) is 5.41 Å². The lowest BCUT2D eigenvalue weighted by molar-refractivity contribution is -0.122. The van der Waals surface area contributed by atoms with Gasteiger partial charge in [0.05, 0.1) is 12.1 Å². The normalized spacial score (nSPS) is 17.4. The highest BCUT2D eigenvalue weighted by Crippen LogP contribution is 2.59. The molecule has 1 saturated carbocycles. The third kappa shape index (κ3) is 3.48. The van der Waals surface area contributed by atoms with Gasteiger partial charge < -0.3 is 0 Å². The van der Waals surface area contributed by atoms with Crippen molar-refractivity contribution in [1.29, 1.82) is 0 Å². The van der Waals surface area contributed by atoms with E-state index in [9.17, 15) is 4.79 Å². The van der Waals surface area contributed by atoms with Gasteiger partial charge in [0.1, 0.15) is 0 Å². The van der Waals surface area contributed by atoms with Crippen LogP contribution < -0.4 is 5.43 Å². The van der Waals surface area contributed by atoms with Crippen LogP contribution in [0.3, 0.4) is 0 Å². The van der Waals surface area contributed by atoms with Crippen LogP contribution in [0.4, 0.5) is 0 Å². The van der Waals surface area contributed by atoms with Gasteiger partial charge in [-0.1, -0.05) is 90.0 Å². The number of nitrogens with one attached hydrogen (secondary N) is 1. The van der Waals surface area contributed by atoms with Crippen molar-refractivity contribution in [2.24, 2.45) is 11.0 Å². The molecule has 4 rings (SSSR count). The Morgan fingerprint density at radius 2 is 1.43 bits per heavy atom. The van der Waals surface area contributed by atoms with Crippen LogP contribution in [0.5, 0.6) is 0 Å². The topological polar surface area (TPSA) is 41.5 Å². The predicted molar refractivity (Wildman–Crippen MR) is 113 cm³/mol. The Kier molecular flexibility index (Phi) is 4.82. The number of amides is 1. The molecule has 0 spiro atoms.